The minimum Gasteiger partial charge on any atom is -0.359 e. The Balaban J connectivity index is 1.96. The summed E-state index contributed by atoms with van der Waals surface area (Å²) in [7, 11) is 1.61. The number of ether oxygens (including phenoxy) is 2. The smallest absolute Gasteiger partial charge is 0.158 e. The number of fused-ring (bicyclic) bond motifs is 2. The highest BCUT2D eigenvalue weighted by Crippen LogP contribution is 2.38. The molecule has 2 aliphatic carbocycles. The van der Waals surface area contributed by atoms with Gasteiger partial charge in [0.05, 0.1) is 6.10 Å². The Labute approximate surface area is 77.7 Å². The first-order valence-electron chi connectivity index (χ1n) is 4.64. The minimum absolute atomic E-state index is 0.188. The predicted octanol–water partition coefficient (Wildman–Crippen LogP) is 1.14. The number of ketones is 1. The van der Waals surface area contributed by atoms with Gasteiger partial charge in [-0.2, -0.15) is 0 Å². The van der Waals surface area contributed by atoms with Crippen molar-refractivity contribution >= 4 is 5.78 Å². The number of carbonyl (C=O) groups excluding carboxylic acids is 1. The lowest BCUT2D eigenvalue weighted by Gasteiger charge is -2.16. The molecule has 13 heavy (non-hydrogen) atoms. The van der Waals surface area contributed by atoms with Gasteiger partial charge in [-0.25, -0.2) is 0 Å². The lowest BCUT2D eigenvalue weighted by atomic mass is 9.94. The largest absolute Gasteiger partial charge is 0.359 e. The second-order valence-electron chi connectivity index (χ2n) is 3.71. The molecule has 1 unspecified atom stereocenters. The van der Waals surface area contributed by atoms with Crippen molar-refractivity contribution in [2.24, 2.45) is 11.8 Å². The summed E-state index contributed by atoms with van der Waals surface area (Å²) in [6.45, 7) is 0.329. The van der Waals surface area contributed by atoms with Crippen molar-refractivity contribution in [2.45, 2.75) is 18.9 Å². The fraction of sp³-hybridized carbons (Fsp3) is 0.700. The molecule has 1 fully saturated rings. The van der Waals surface area contributed by atoms with E-state index in [2.05, 4.69) is 0 Å². The Kier molecular flexibility index (Phi) is 2.47. The molecule has 0 aliphatic heterocycles. The van der Waals surface area contributed by atoms with Crippen LogP contribution in [0.5, 0.6) is 0 Å². The summed E-state index contributed by atoms with van der Waals surface area (Å²) in [5.74, 6) is 0.898. The van der Waals surface area contributed by atoms with E-state index in [1.54, 1.807) is 13.2 Å². The standard InChI is InChI=1S/C10H14O3/c1-12-6-13-10-5-8-4-7(10)2-3-9(8)11/h2-3,7-8,10H,4-6H2,1H3/t7-,8-,10?/m0/s1. The fourth-order valence-corrected chi connectivity index (χ4v) is 2.17. The Hall–Kier alpha value is -0.670. The van der Waals surface area contributed by atoms with Crippen molar-refractivity contribution in [3.63, 3.8) is 0 Å². The highest BCUT2D eigenvalue weighted by Gasteiger charge is 2.39. The average Bonchev–Trinajstić information content (AvgIpc) is 2.48. The van der Waals surface area contributed by atoms with Gasteiger partial charge in [0, 0.05) is 18.9 Å². The van der Waals surface area contributed by atoms with Gasteiger partial charge in [-0.1, -0.05) is 6.08 Å². The third kappa shape index (κ3) is 1.67. The predicted molar refractivity (Wildman–Crippen MR) is 47.1 cm³/mol. The molecule has 2 rings (SSSR count). The number of rotatable bonds is 3. The molecular formula is C10H14O3. The molecule has 0 spiro atoms. The van der Waals surface area contributed by atoms with Crippen LogP contribution in [0.1, 0.15) is 12.8 Å². The van der Waals surface area contributed by atoms with Crippen LogP contribution in [0.2, 0.25) is 0 Å². The molecule has 0 saturated heterocycles. The van der Waals surface area contributed by atoms with Gasteiger partial charge < -0.3 is 9.47 Å². The average molecular weight is 182 g/mol. The molecule has 0 N–H and O–H groups in total. The minimum atomic E-state index is 0.188. The topological polar surface area (TPSA) is 35.5 Å². The van der Waals surface area contributed by atoms with E-state index in [9.17, 15) is 4.79 Å². The summed E-state index contributed by atoms with van der Waals surface area (Å²) < 4.78 is 10.3. The molecule has 0 amide bonds. The Bertz CT molecular complexity index is 234. The molecule has 0 heterocycles. The molecule has 0 radical (unpaired) electrons. The maximum absolute atomic E-state index is 11.3. The fourth-order valence-electron chi connectivity index (χ4n) is 2.17. The van der Waals surface area contributed by atoms with Gasteiger partial charge in [-0.3, -0.25) is 4.79 Å². The summed E-state index contributed by atoms with van der Waals surface area (Å²) >= 11 is 0. The van der Waals surface area contributed by atoms with Crippen LogP contribution >= 0.6 is 0 Å². The van der Waals surface area contributed by atoms with Crippen LogP contribution in [0.3, 0.4) is 0 Å². The Morgan fingerprint density at radius 2 is 2.38 bits per heavy atom. The third-order valence-corrected chi connectivity index (χ3v) is 2.86. The van der Waals surface area contributed by atoms with Crippen LogP contribution in [-0.4, -0.2) is 25.8 Å². The molecule has 0 aromatic carbocycles. The maximum Gasteiger partial charge on any atom is 0.158 e. The zero-order valence-electron chi connectivity index (χ0n) is 7.73. The first-order chi connectivity index (χ1) is 6.31. The Morgan fingerprint density at radius 1 is 1.54 bits per heavy atom. The quantitative estimate of drug-likeness (QED) is 0.614. The van der Waals surface area contributed by atoms with E-state index in [4.69, 9.17) is 9.47 Å². The molecule has 1 saturated carbocycles. The van der Waals surface area contributed by atoms with Gasteiger partial charge in [0.15, 0.2) is 5.78 Å². The summed E-state index contributed by atoms with van der Waals surface area (Å²) in [6, 6.07) is 0. The molecule has 3 heteroatoms. The summed E-state index contributed by atoms with van der Waals surface area (Å²) in [4.78, 5) is 11.3. The second kappa shape index (κ2) is 3.60. The first kappa shape index (κ1) is 8.91. The third-order valence-electron chi connectivity index (χ3n) is 2.86. The van der Waals surface area contributed by atoms with Crippen molar-refractivity contribution < 1.29 is 14.3 Å². The Morgan fingerprint density at radius 3 is 3.08 bits per heavy atom. The summed E-state index contributed by atoms with van der Waals surface area (Å²) in [5, 5.41) is 0. The number of methoxy groups -OCH3 is 1. The molecule has 3 atom stereocenters. The summed E-state index contributed by atoms with van der Waals surface area (Å²) in [6.07, 6.45) is 5.69. The van der Waals surface area contributed by atoms with Crippen molar-refractivity contribution in [1.29, 1.82) is 0 Å². The molecule has 2 aliphatic rings. The molecule has 72 valence electrons. The van der Waals surface area contributed by atoms with E-state index in [1.165, 1.54) is 0 Å². The highest BCUT2D eigenvalue weighted by molar-refractivity contribution is 5.93. The van der Waals surface area contributed by atoms with Gasteiger partial charge in [0.2, 0.25) is 0 Å². The van der Waals surface area contributed by atoms with Gasteiger partial charge in [-0.05, 0) is 18.9 Å². The normalized spacial score (nSPS) is 37.0. The zero-order chi connectivity index (χ0) is 9.26. The molecular weight excluding hydrogens is 168 g/mol. The highest BCUT2D eigenvalue weighted by atomic mass is 16.7. The van der Waals surface area contributed by atoms with E-state index < -0.39 is 0 Å². The summed E-state index contributed by atoms with van der Waals surface area (Å²) in [5.41, 5.74) is 0. The monoisotopic (exact) mass is 182 g/mol. The van der Waals surface area contributed by atoms with Gasteiger partial charge in [0.25, 0.3) is 0 Å². The van der Waals surface area contributed by atoms with E-state index in [-0.39, 0.29) is 17.8 Å². The SMILES string of the molecule is COCOC1C[C@@H]2C[C@@H]1C=CC2=O. The van der Waals surface area contributed by atoms with Crippen molar-refractivity contribution in [2.75, 3.05) is 13.9 Å². The number of carbonyl (C=O) groups is 1. The lowest BCUT2D eigenvalue weighted by Crippen LogP contribution is -2.17. The zero-order valence-corrected chi connectivity index (χ0v) is 7.73. The van der Waals surface area contributed by atoms with Crippen molar-refractivity contribution in [3.8, 4) is 0 Å². The number of allylic oxidation sites excluding steroid dienone is 1. The van der Waals surface area contributed by atoms with Crippen LogP contribution in [0.4, 0.5) is 0 Å². The van der Waals surface area contributed by atoms with E-state index in [0.29, 0.717) is 12.7 Å². The lowest BCUT2D eigenvalue weighted by molar-refractivity contribution is -0.118. The molecule has 0 aromatic heterocycles. The van der Waals surface area contributed by atoms with E-state index >= 15 is 0 Å². The van der Waals surface area contributed by atoms with Crippen molar-refractivity contribution in [1.82, 2.24) is 0 Å². The van der Waals surface area contributed by atoms with Crippen LogP contribution < -0.4 is 0 Å². The van der Waals surface area contributed by atoms with Gasteiger partial charge in [-0.15, -0.1) is 0 Å². The van der Waals surface area contributed by atoms with Crippen LogP contribution in [0, 0.1) is 11.8 Å². The van der Waals surface area contributed by atoms with Crippen LogP contribution in [0.25, 0.3) is 0 Å². The molecule has 3 nitrogen and oxygen atoms in total. The number of hydrogen-bond acceptors (Lipinski definition) is 3. The molecule has 2 bridgehead atoms. The van der Waals surface area contributed by atoms with Crippen molar-refractivity contribution in [3.05, 3.63) is 12.2 Å². The van der Waals surface area contributed by atoms with Crippen LogP contribution in [-0.2, 0) is 14.3 Å². The second-order valence-corrected chi connectivity index (χ2v) is 3.71. The molecule has 0 aromatic rings. The van der Waals surface area contributed by atoms with E-state index in [1.807, 2.05) is 6.08 Å². The van der Waals surface area contributed by atoms with Gasteiger partial charge >= 0.3 is 0 Å². The van der Waals surface area contributed by atoms with Crippen LogP contribution in [0.15, 0.2) is 12.2 Å². The first-order valence-corrected chi connectivity index (χ1v) is 4.64. The van der Waals surface area contributed by atoms with E-state index in [0.717, 1.165) is 12.8 Å². The maximum atomic E-state index is 11.3. The van der Waals surface area contributed by atoms with Gasteiger partial charge in [0.1, 0.15) is 6.79 Å². The number of hydrogen-bond donors (Lipinski definition) is 0.